The number of benzene rings is 3. The van der Waals surface area contributed by atoms with Crippen molar-refractivity contribution in [1.82, 2.24) is 19.6 Å². The molecule has 8 nitrogen and oxygen atoms in total. The molecule has 48 heavy (non-hydrogen) atoms. The van der Waals surface area contributed by atoms with Crippen molar-refractivity contribution >= 4 is 57.6 Å². The molecule has 0 saturated carbocycles. The number of nitrogens with zero attached hydrogens (tertiary/aromatic N) is 4. The first kappa shape index (κ1) is 39.3. The number of likely N-dealkylation sites (tertiary alicyclic amines) is 2. The van der Waals surface area contributed by atoms with Gasteiger partial charge in [-0.25, -0.2) is 0 Å². The highest BCUT2D eigenvalue weighted by Gasteiger charge is 2.33. The van der Waals surface area contributed by atoms with Gasteiger partial charge >= 0.3 is 0 Å². The van der Waals surface area contributed by atoms with Crippen LogP contribution in [0.1, 0.15) is 71.4 Å². The summed E-state index contributed by atoms with van der Waals surface area (Å²) in [5.74, 6) is -1.01. The van der Waals surface area contributed by atoms with E-state index in [0.29, 0.717) is 37.3 Å². The fourth-order valence-corrected chi connectivity index (χ4v) is 6.78. The lowest BCUT2D eigenvalue weighted by Gasteiger charge is -2.34. The fourth-order valence-electron chi connectivity index (χ4n) is 6.78. The topological polar surface area (TPSA) is 81.2 Å². The van der Waals surface area contributed by atoms with Crippen molar-refractivity contribution in [3.8, 4) is 0 Å². The number of hydrogen-bond donors (Lipinski definition) is 0. The lowest BCUT2D eigenvalue weighted by atomic mass is 9.95. The minimum Gasteiger partial charge on any atom is -0.298 e. The van der Waals surface area contributed by atoms with Crippen molar-refractivity contribution in [2.75, 3.05) is 39.3 Å². The summed E-state index contributed by atoms with van der Waals surface area (Å²) in [5.41, 5.74) is 3.46. The molecule has 10 heteroatoms. The second-order valence-corrected chi connectivity index (χ2v) is 12.5. The van der Waals surface area contributed by atoms with Crippen LogP contribution >= 0.6 is 34.0 Å². The van der Waals surface area contributed by atoms with Crippen molar-refractivity contribution in [3.05, 3.63) is 107 Å². The third-order valence-electron chi connectivity index (χ3n) is 9.24. The Kier molecular flexibility index (Phi) is 15.6. The van der Waals surface area contributed by atoms with Crippen LogP contribution in [0, 0.1) is 11.8 Å². The average molecular weight is 785 g/mol. The molecular formula is C38H48Br2N4O4. The molecule has 0 radical (unpaired) electrons. The maximum absolute atomic E-state index is 13.4. The summed E-state index contributed by atoms with van der Waals surface area (Å²) in [6.45, 7) is 9.08. The van der Waals surface area contributed by atoms with Crippen LogP contribution in [0.5, 0.6) is 0 Å². The van der Waals surface area contributed by atoms with Crippen LogP contribution in [0.2, 0.25) is 0 Å². The van der Waals surface area contributed by atoms with Gasteiger partial charge in [-0.15, -0.1) is 34.0 Å². The highest BCUT2D eigenvalue weighted by atomic mass is 79.9. The number of carbonyl (C=O) groups is 4. The first-order chi connectivity index (χ1) is 22.4. The SMILES string of the molecule is Br.Br.CCN(C(=O)c1ccccc1)C(=O)C1CCCN(Cc2ccc(CN3CCCC(C(=O)N(CC)C(=O)c4ccccc4)C3)cc2)C1. The van der Waals surface area contributed by atoms with Gasteiger partial charge in [-0.2, -0.15) is 0 Å². The van der Waals surface area contributed by atoms with E-state index in [9.17, 15) is 19.2 Å². The predicted octanol–water partition coefficient (Wildman–Crippen LogP) is 6.64. The van der Waals surface area contributed by atoms with Crippen molar-refractivity contribution in [2.24, 2.45) is 11.8 Å². The summed E-state index contributed by atoms with van der Waals surface area (Å²) >= 11 is 0. The molecule has 3 aromatic rings. The number of hydrogen-bond acceptors (Lipinski definition) is 6. The van der Waals surface area contributed by atoms with Crippen LogP contribution < -0.4 is 0 Å². The summed E-state index contributed by atoms with van der Waals surface area (Å²) in [6.07, 6.45) is 3.44. The van der Waals surface area contributed by atoms with Crippen LogP contribution in [-0.2, 0) is 22.7 Å². The molecule has 5 rings (SSSR count). The first-order valence-corrected chi connectivity index (χ1v) is 16.7. The van der Waals surface area contributed by atoms with E-state index in [-0.39, 0.29) is 69.4 Å². The zero-order valence-electron chi connectivity index (χ0n) is 28.0. The molecule has 0 aromatic heterocycles. The number of amides is 4. The maximum atomic E-state index is 13.4. The second-order valence-electron chi connectivity index (χ2n) is 12.5. The van der Waals surface area contributed by atoms with E-state index in [1.165, 1.54) is 20.9 Å². The predicted molar refractivity (Wildman–Crippen MR) is 199 cm³/mol. The number of halogens is 2. The molecule has 2 aliphatic heterocycles. The molecule has 2 aliphatic rings. The van der Waals surface area contributed by atoms with Crippen molar-refractivity contribution in [1.29, 1.82) is 0 Å². The first-order valence-electron chi connectivity index (χ1n) is 16.7. The van der Waals surface area contributed by atoms with E-state index >= 15 is 0 Å². The number of carbonyl (C=O) groups excluding carboxylic acids is 4. The van der Waals surface area contributed by atoms with E-state index in [4.69, 9.17) is 0 Å². The van der Waals surface area contributed by atoms with Crippen LogP contribution in [0.25, 0.3) is 0 Å². The average Bonchev–Trinajstić information content (AvgIpc) is 3.10. The van der Waals surface area contributed by atoms with Gasteiger partial charge in [0.05, 0.1) is 11.8 Å². The minimum atomic E-state index is -0.228. The molecule has 0 bridgehead atoms. The number of rotatable bonds is 10. The summed E-state index contributed by atoms with van der Waals surface area (Å²) in [4.78, 5) is 60.4. The maximum Gasteiger partial charge on any atom is 0.260 e. The molecule has 2 atom stereocenters. The standard InChI is InChI=1S/C38H46N4O4.2BrH/c1-3-41(35(43)31-13-7-5-8-14-31)37(45)33-17-11-23-39(27-33)25-29-19-21-30(22-20-29)26-40-24-12-18-34(28-40)38(46)42(4-2)36(44)32-15-9-6-10-16-32;;/h5-10,13-16,19-22,33-34H,3-4,11-12,17-18,23-28H2,1-2H3;2*1H. The molecule has 2 unspecified atom stereocenters. The number of imide groups is 2. The largest absolute Gasteiger partial charge is 0.298 e. The van der Waals surface area contributed by atoms with Gasteiger partial charge in [0.1, 0.15) is 0 Å². The van der Waals surface area contributed by atoms with Crippen LogP contribution in [-0.4, -0.2) is 82.5 Å². The molecule has 2 heterocycles. The van der Waals surface area contributed by atoms with E-state index in [0.717, 1.165) is 51.9 Å². The molecule has 0 aliphatic carbocycles. The Bertz CT molecular complexity index is 1380. The summed E-state index contributed by atoms with van der Waals surface area (Å²) in [5, 5.41) is 0. The van der Waals surface area contributed by atoms with Gasteiger partial charge < -0.3 is 0 Å². The van der Waals surface area contributed by atoms with E-state index in [1.54, 1.807) is 24.3 Å². The Morgan fingerprint density at radius 2 is 0.938 bits per heavy atom. The smallest absolute Gasteiger partial charge is 0.260 e. The van der Waals surface area contributed by atoms with Gasteiger partial charge in [-0.1, -0.05) is 60.7 Å². The van der Waals surface area contributed by atoms with Gasteiger partial charge in [0.25, 0.3) is 11.8 Å². The molecule has 258 valence electrons. The monoisotopic (exact) mass is 782 g/mol. The molecule has 2 saturated heterocycles. The Morgan fingerprint density at radius 3 is 1.27 bits per heavy atom. The summed E-state index contributed by atoms with van der Waals surface area (Å²) < 4.78 is 0. The van der Waals surface area contributed by atoms with Crippen molar-refractivity contribution in [3.63, 3.8) is 0 Å². The van der Waals surface area contributed by atoms with Gasteiger partial charge in [0.2, 0.25) is 11.8 Å². The van der Waals surface area contributed by atoms with Gasteiger partial charge in [0, 0.05) is 50.4 Å². The Morgan fingerprint density at radius 1 is 0.583 bits per heavy atom. The van der Waals surface area contributed by atoms with Gasteiger partial charge in [-0.3, -0.25) is 38.8 Å². The highest BCUT2D eigenvalue weighted by Crippen LogP contribution is 2.24. The summed E-state index contributed by atoms with van der Waals surface area (Å²) in [7, 11) is 0. The van der Waals surface area contributed by atoms with Crippen LogP contribution in [0.4, 0.5) is 0 Å². The quantitative estimate of drug-likeness (QED) is 0.215. The van der Waals surface area contributed by atoms with Gasteiger partial charge in [0.15, 0.2) is 0 Å². The lowest BCUT2D eigenvalue weighted by Crippen LogP contribution is -2.46. The van der Waals surface area contributed by atoms with E-state index in [2.05, 4.69) is 34.1 Å². The molecule has 4 amide bonds. The van der Waals surface area contributed by atoms with Crippen LogP contribution in [0.3, 0.4) is 0 Å². The fraction of sp³-hybridized carbons (Fsp3) is 0.421. The van der Waals surface area contributed by atoms with E-state index < -0.39 is 0 Å². The molecule has 0 N–H and O–H groups in total. The molecule has 0 spiro atoms. The minimum absolute atomic E-state index is 0. The van der Waals surface area contributed by atoms with Gasteiger partial charge in [-0.05, 0) is 88.0 Å². The molecular weight excluding hydrogens is 736 g/mol. The molecule has 3 aromatic carbocycles. The normalized spacial score (nSPS) is 18.1. The second kappa shape index (κ2) is 19.1. The Hall–Kier alpha value is -3.18. The summed E-state index contributed by atoms with van der Waals surface area (Å²) in [6, 6.07) is 26.7. The van der Waals surface area contributed by atoms with Crippen LogP contribution in [0.15, 0.2) is 84.9 Å². The Labute approximate surface area is 306 Å². The Balaban J connectivity index is 0.00000312. The van der Waals surface area contributed by atoms with Crippen molar-refractivity contribution < 1.29 is 19.2 Å². The lowest BCUT2D eigenvalue weighted by molar-refractivity contribution is -0.135. The zero-order chi connectivity index (χ0) is 32.5. The molecule has 2 fully saturated rings. The number of piperidine rings is 2. The third-order valence-corrected chi connectivity index (χ3v) is 9.24. The zero-order valence-corrected chi connectivity index (χ0v) is 31.4. The third kappa shape index (κ3) is 9.94. The highest BCUT2D eigenvalue weighted by molar-refractivity contribution is 8.93. The van der Waals surface area contributed by atoms with E-state index in [1.807, 2.05) is 50.2 Å². The van der Waals surface area contributed by atoms with Crippen molar-refractivity contribution in [2.45, 2.75) is 52.6 Å².